The third kappa shape index (κ3) is 5.51. The highest BCUT2D eigenvalue weighted by Crippen LogP contribution is 2.32. The SMILES string of the molecule is CC(NCc1ccc(OCCCN(C)C)cc1)C1CC1. The lowest BCUT2D eigenvalue weighted by molar-refractivity contribution is 0.281. The molecule has 3 heteroatoms. The van der Waals surface area contributed by atoms with Crippen molar-refractivity contribution in [1.29, 1.82) is 0 Å². The second-order valence-corrected chi connectivity index (χ2v) is 6.16. The van der Waals surface area contributed by atoms with E-state index in [1.807, 2.05) is 0 Å². The van der Waals surface area contributed by atoms with Gasteiger partial charge in [0.2, 0.25) is 0 Å². The molecule has 1 fully saturated rings. The van der Waals surface area contributed by atoms with Crippen LogP contribution in [0.5, 0.6) is 5.75 Å². The first kappa shape index (κ1) is 15.3. The Morgan fingerprint density at radius 2 is 1.95 bits per heavy atom. The van der Waals surface area contributed by atoms with Crippen LogP contribution in [-0.2, 0) is 6.54 Å². The second-order valence-electron chi connectivity index (χ2n) is 6.16. The van der Waals surface area contributed by atoms with Crippen LogP contribution >= 0.6 is 0 Å². The summed E-state index contributed by atoms with van der Waals surface area (Å²) in [5, 5.41) is 3.60. The smallest absolute Gasteiger partial charge is 0.119 e. The van der Waals surface area contributed by atoms with Gasteiger partial charge in [0.25, 0.3) is 0 Å². The lowest BCUT2D eigenvalue weighted by Crippen LogP contribution is -2.27. The Morgan fingerprint density at radius 3 is 2.55 bits per heavy atom. The maximum absolute atomic E-state index is 5.74. The van der Waals surface area contributed by atoms with E-state index in [1.165, 1.54) is 18.4 Å². The lowest BCUT2D eigenvalue weighted by Gasteiger charge is -2.13. The largest absolute Gasteiger partial charge is 0.494 e. The Balaban J connectivity index is 1.66. The van der Waals surface area contributed by atoms with Crippen molar-refractivity contribution in [1.82, 2.24) is 10.2 Å². The topological polar surface area (TPSA) is 24.5 Å². The van der Waals surface area contributed by atoms with Crippen LogP contribution < -0.4 is 10.1 Å². The van der Waals surface area contributed by atoms with Crippen molar-refractivity contribution in [2.24, 2.45) is 5.92 Å². The quantitative estimate of drug-likeness (QED) is 0.702. The molecule has 0 bridgehead atoms. The molecule has 1 aromatic rings. The first-order chi connectivity index (χ1) is 9.65. The average Bonchev–Trinajstić information content (AvgIpc) is 3.26. The fraction of sp³-hybridized carbons (Fsp3) is 0.647. The maximum Gasteiger partial charge on any atom is 0.119 e. The predicted molar refractivity (Wildman–Crippen MR) is 84.1 cm³/mol. The molecule has 1 atom stereocenters. The van der Waals surface area contributed by atoms with Crippen LogP contribution in [0.2, 0.25) is 0 Å². The van der Waals surface area contributed by atoms with Crippen molar-refractivity contribution < 1.29 is 4.74 Å². The summed E-state index contributed by atoms with van der Waals surface area (Å²) in [6.45, 7) is 5.11. The van der Waals surface area contributed by atoms with E-state index >= 15 is 0 Å². The molecule has 1 saturated carbocycles. The maximum atomic E-state index is 5.74. The molecule has 20 heavy (non-hydrogen) atoms. The van der Waals surface area contributed by atoms with Crippen molar-refractivity contribution in [2.45, 2.75) is 38.8 Å². The first-order valence-electron chi connectivity index (χ1n) is 7.75. The van der Waals surface area contributed by atoms with E-state index in [9.17, 15) is 0 Å². The number of nitrogens with one attached hydrogen (secondary N) is 1. The van der Waals surface area contributed by atoms with Crippen molar-refractivity contribution in [3.63, 3.8) is 0 Å². The Bertz CT molecular complexity index is 384. The summed E-state index contributed by atoms with van der Waals surface area (Å²) in [6, 6.07) is 9.13. The summed E-state index contributed by atoms with van der Waals surface area (Å²) in [5.74, 6) is 1.89. The summed E-state index contributed by atoms with van der Waals surface area (Å²) in [6.07, 6.45) is 3.86. The zero-order valence-electron chi connectivity index (χ0n) is 13.1. The standard InChI is InChI=1S/C17H28N2O/c1-14(16-7-8-16)18-13-15-5-9-17(10-6-15)20-12-4-11-19(2)3/h5-6,9-10,14,16,18H,4,7-8,11-13H2,1-3H3. The van der Waals surface area contributed by atoms with Gasteiger partial charge in [-0.2, -0.15) is 0 Å². The molecular formula is C17H28N2O. The molecule has 0 radical (unpaired) electrons. The minimum Gasteiger partial charge on any atom is -0.494 e. The van der Waals surface area contributed by atoms with E-state index in [-0.39, 0.29) is 0 Å². The first-order valence-corrected chi connectivity index (χ1v) is 7.75. The number of nitrogens with zero attached hydrogens (tertiary/aromatic N) is 1. The van der Waals surface area contributed by atoms with Gasteiger partial charge in [-0.05, 0) is 63.9 Å². The zero-order valence-corrected chi connectivity index (χ0v) is 13.1. The van der Waals surface area contributed by atoms with Gasteiger partial charge in [-0.25, -0.2) is 0 Å². The van der Waals surface area contributed by atoms with Gasteiger partial charge in [0.05, 0.1) is 6.61 Å². The van der Waals surface area contributed by atoms with Gasteiger partial charge in [0.15, 0.2) is 0 Å². The van der Waals surface area contributed by atoms with Crippen molar-refractivity contribution in [3.05, 3.63) is 29.8 Å². The summed E-state index contributed by atoms with van der Waals surface area (Å²) < 4.78 is 5.74. The molecule has 2 rings (SSSR count). The van der Waals surface area contributed by atoms with E-state index in [0.29, 0.717) is 6.04 Å². The molecule has 0 heterocycles. The van der Waals surface area contributed by atoms with Gasteiger partial charge in [-0.3, -0.25) is 0 Å². The lowest BCUT2D eigenvalue weighted by atomic mass is 10.1. The van der Waals surface area contributed by atoms with Gasteiger partial charge in [0.1, 0.15) is 5.75 Å². The van der Waals surface area contributed by atoms with E-state index in [4.69, 9.17) is 4.74 Å². The Morgan fingerprint density at radius 1 is 1.25 bits per heavy atom. The summed E-state index contributed by atoms with van der Waals surface area (Å²) >= 11 is 0. The van der Waals surface area contributed by atoms with E-state index < -0.39 is 0 Å². The third-order valence-corrected chi connectivity index (χ3v) is 3.90. The van der Waals surface area contributed by atoms with Gasteiger partial charge < -0.3 is 15.0 Å². The molecule has 1 N–H and O–H groups in total. The summed E-state index contributed by atoms with van der Waals surface area (Å²) in [7, 11) is 4.18. The minimum absolute atomic E-state index is 0.650. The monoisotopic (exact) mass is 276 g/mol. The molecular weight excluding hydrogens is 248 g/mol. The molecule has 112 valence electrons. The fourth-order valence-corrected chi connectivity index (χ4v) is 2.32. The van der Waals surface area contributed by atoms with Crippen LogP contribution in [0.1, 0.15) is 31.7 Å². The second kappa shape index (κ2) is 7.65. The molecule has 0 spiro atoms. The number of rotatable bonds is 9. The Kier molecular flexibility index (Phi) is 5.86. The molecule has 0 amide bonds. The van der Waals surface area contributed by atoms with Gasteiger partial charge in [0, 0.05) is 19.1 Å². The number of benzene rings is 1. The van der Waals surface area contributed by atoms with Crippen LogP contribution in [0.4, 0.5) is 0 Å². The third-order valence-electron chi connectivity index (χ3n) is 3.90. The Labute approximate surface area is 123 Å². The summed E-state index contributed by atoms with van der Waals surface area (Å²) in [5.41, 5.74) is 1.33. The van der Waals surface area contributed by atoms with Crippen molar-refractivity contribution in [3.8, 4) is 5.75 Å². The van der Waals surface area contributed by atoms with Gasteiger partial charge >= 0.3 is 0 Å². The normalized spacial score (nSPS) is 16.4. The molecule has 0 aromatic heterocycles. The molecule has 0 saturated heterocycles. The molecule has 3 nitrogen and oxygen atoms in total. The zero-order chi connectivity index (χ0) is 14.4. The van der Waals surface area contributed by atoms with Crippen LogP contribution in [0.25, 0.3) is 0 Å². The van der Waals surface area contributed by atoms with Crippen LogP contribution in [0.15, 0.2) is 24.3 Å². The van der Waals surface area contributed by atoms with E-state index in [1.54, 1.807) is 0 Å². The molecule has 1 aromatic carbocycles. The van der Waals surface area contributed by atoms with Gasteiger partial charge in [-0.15, -0.1) is 0 Å². The van der Waals surface area contributed by atoms with Crippen molar-refractivity contribution in [2.75, 3.05) is 27.2 Å². The fourth-order valence-electron chi connectivity index (χ4n) is 2.32. The molecule has 1 unspecified atom stereocenters. The van der Waals surface area contributed by atoms with E-state index in [0.717, 1.165) is 37.8 Å². The van der Waals surface area contributed by atoms with Gasteiger partial charge in [-0.1, -0.05) is 12.1 Å². The Hall–Kier alpha value is -1.06. The number of hydrogen-bond donors (Lipinski definition) is 1. The molecule has 0 aliphatic heterocycles. The highest BCUT2D eigenvalue weighted by atomic mass is 16.5. The van der Waals surface area contributed by atoms with Crippen molar-refractivity contribution >= 4 is 0 Å². The minimum atomic E-state index is 0.650. The highest BCUT2D eigenvalue weighted by Gasteiger charge is 2.27. The predicted octanol–water partition coefficient (Wildman–Crippen LogP) is 2.91. The van der Waals surface area contributed by atoms with Crippen LogP contribution in [-0.4, -0.2) is 38.2 Å². The molecule has 1 aliphatic carbocycles. The molecule has 1 aliphatic rings. The van der Waals surface area contributed by atoms with Crippen LogP contribution in [0.3, 0.4) is 0 Å². The average molecular weight is 276 g/mol. The van der Waals surface area contributed by atoms with E-state index in [2.05, 4.69) is 55.5 Å². The highest BCUT2D eigenvalue weighted by molar-refractivity contribution is 5.27. The number of ether oxygens (including phenoxy) is 1. The summed E-state index contributed by atoms with van der Waals surface area (Å²) in [4.78, 5) is 2.18. The number of hydrogen-bond acceptors (Lipinski definition) is 3. The van der Waals surface area contributed by atoms with Crippen LogP contribution in [0, 0.1) is 5.92 Å².